The quantitative estimate of drug-likeness (QED) is 0.840. The summed E-state index contributed by atoms with van der Waals surface area (Å²) >= 11 is 0. The van der Waals surface area contributed by atoms with Gasteiger partial charge < -0.3 is 9.64 Å². The highest BCUT2D eigenvalue weighted by Crippen LogP contribution is 2.53. The van der Waals surface area contributed by atoms with Gasteiger partial charge in [-0.2, -0.15) is 0 Å². The predicted molar refractivity (Wildman–Crippen MR) is 98.9 cm³/mol. The number of methoxy groups -OCH3 is 1. The van der Waals surface area contributed by atoms with Gasteiger partial charge >= 0.3 is 0 Å². The molecule has 0 amide bonds. The van der Waals surface area contributed by atoms with Crippen LogP contribution >= 0.6 is 0 Å². The average molecular weight is 367 g/mol. The summed E-state index contributed by atoms with van der Waals surface area (Å²) < 4.78 is 33.0. The van der Waals surface area contributed by atoms with Crippen LogP contribution in [-0.2, 0) is 20.4 Å². The zero-order chi connectivity index (χ0) is 18.2. The van der Waals surface area contributed by atoms with Crippen LogP contribution in [0, 0.1) is 17.8 Å². The highest BCUT2D eigenvalue weighted by molar-refractivity contribution is 7.89. The largest absolute Gasteiger partial charge is 0.373 e. The van der Waals surface area contributed by atoms with Gasteiger partial charge in [-0.15, -0.1) is 0 Å². The summed E-state index contributed by atoms with van der Waals surface area (Å²) in [5, 5.41) is 0. The van der Waals surface area contributed by atoms with Gasteiger partial charge in [-0.3, -0.25) is 0 Å². The van der Waals surface area contributed by atoms with E-state index in [1.807, 2.05) is 12.1 Å². The fourth-order valence-electron chi connectivity index (χ4n) is 4.93. The standard InChI is InChI=1S/C19H30N2O3S/c1-14(2)11-21-12-16-8-9-17(13-21)19(16,24-4)15-6-5-7-18(10-15)25(22,23)20-3/h5-7,10,14,16-17,20H,8-9,11-13H2,1-4H3. The van der Waals surface area contributed by atoms with Crippen LogP contribution in [0.4, 0.5) is 0 Å². The number of rotatable bonds is 6. The Labute approximate surface area is 151 Å². The summed E-state index contributed by atoms with van der Waals surface area (Å²) in [7, 11) is -0.224. The van der Waals surface area contributed by atoms with Gasteiger partial charge in [-0.25, -0.2) is 13.1 Å². The van der Waals surface area contributed by atoms with Gasteiger partial charge in [-0.05, 0) is 43.5 Å². The SMILES string of the molecule is CNS(=O)(=O)c1cccc(C2(OC)C3CCC2CN(CC(C)C)C3)c1. The van der Waals surface area contributed by atoms with E-state index in [0.717, 1.165) is 38.0 Å². The van der Waals surface area contributed by atoms with Crippen molar-refractivity contribution in [1.82, 2.24) is 9.62 Å². The average Bonchev–Trinajstić information content (AvgIpc) is 2.78. The lowest BCUT2D eigenvalue weighted by molar-refractivity contribution is -0.120. The Morgan fingerprint density at radius 3 is 2.44 bits per heavy atom. The number of piperidine rings is 1. The molecule has 0 radical (unpaired) electrons. The van der Waals surface area contributed by atoms with Crippen LogP contribution in [0.15, 0.2) is 29.2 Å². The van der Waals surface area contributed by atoms with Crippen molar-refractivity contribution in [2.75, 3.05) is 33.8 Å². The van der Waals surface area contributed by atoms with Gasteiger partial charge in [-0.1, -0.05) is 26.0 Å². The summed E-state index contributed by atoms with van der Waals surface area (Å²) in [5.74, 6) is 1.46. The van der Waals surface area contributed by atoms with E-state index in [1.165, 1.54) is 7.05 Å². The topological polar surface area (TPSA) is 58.6 Å². The van der Waals surface area contributed by atoms with Gasteiger partial charge in [0.15, 0.2) is 0 Å². The Bertz CT molecular complexity index is 703. The molecule has 3 rings (SSSR count). The van der Waals surface area contributed by atoms with Crippen molar-refractivity contribution in [3.8, 4) is 0 Å². The maximum Gasteiger partial charge on any atom is 0.240 e. The second-order valence-electron chi connectivity index (χ2n) is 7.82. The molecule has 1 N–H and O–H groups in total. The number of likely N-dealkylation sites (tertiary alicyclic amines) is 1. The lowest BCUT2D eigenvalue weighted by Gasteiger charge is -2.47. The molecule has 0 spiro atoms. The van der Waals surface area contributed by atoms with Crippen LogP contribution in [0.25, 0.3) is 0 Å². The third kappa shape index (κ3) is 3.25. The number of ether oxygens (including phenoxy) is 1. The van der Waals surface area contributed by atoms with Crippen LogP contribution in [0.2, 0.25) is 0 Å². The normalized spacial score (nSPS) is 30.1. The van der Waals surface area contributed by atoms with E-state index in [9.17, 15) is 8.42 Å². The fourth-order valence-corrected chi connectivity index (χ4v) is 5.70. The molecular weight excluding hydrogens is 336 g/mol. The first kappa shape index (κ1) is 18.8. The van der Waals surface area contributed by atoms with Crippen molar-refractivity contribution in [2.24, 2.45) is 17.8 Å². The van der Waals surface area contributed by atoms with Crippen LogP contribution in [0.5, 0.6) is 0 Å². The second-order valence-corrected chi connectivity index (χ2v) is 9.70. The molecular formula is C19H30N2O3S. The molecule has 1 aliphatic carbocycles. The van der Waals surface area contributed by atoms with E-state index in [1.54, 1.807) is 19.2 Å². The lowest BCUT2D eigenvalue weighted by atomic mass is 9.75. The number of hydrogen-bond acceptors (Lipinski definition) is 4. The molecule has 2 bridgehead atoms. The molecule has 2 unspecified atom stereocenters. The number of nitrogens with one attached hydrogen (secondary N) is 1. The van der Waals surface area contributed by atoms with Crippen molar-refractivity contribution in [1.29, 1.82) is 0 Å². The predicted octanol–water partition coefficient (Wildman–Crippen LogP) is 2.43. The minimum Gasteiger partial charge on any atom is -0.373 e. The van der Waals surface area contributed by atoms with E-state index in [4.69, 9.17) is 4.74 Å². The zero-order valence-electron chi connectivity index (χ0n) is 15.7. The second kappa shape index (κ2) is 6.99. The van der Waals surface area contributed by atoms with Gasteiger partial charge in [0, 0.05) is 38.6 Å². The molecule has 5 nitrogen and oxygen atoms in total. The van der Waals surface area contributed by atoms with Gasteiger partial charge in [0.2, 0.25) is 10.0 Å². The third-order valence-corrected chi connectivity index (χ3v) is 7.27. The minimum absolute atomic E-state index is 0.313. The van der Waals surface area contributed by atoms with E-state index < -0.39 is 10.0 Å². The number of benzene rings is 1. The first-order chi connectivity index (χ1) is 11.8. The summed E-state index contributed by atoms with van der Waals surface area (Å²) in [6.07, 6.45) is 2.27. The number of hydrogen-bond donors (Lipinski definition) is 1. The molecule has 140 valence electrons. The van der Waals surface area contributed by atoms with Crippen molar-refractivity contribution < 1.29 is 13.2 Å². The van der Waals surface area contributed by atoms with Crippen LogP contribution < -0.4 is 4.72 Å². The molecule has 6 heteroatoms. The third-order valence-electron chi connectivity index (χ3n) is 5.86. The molecule has 2 fully saturated rings. The van der Waals surface area contributed by atoms with Gasteiger partial charge in [0.25, 0.3) is 0 Å². The van der Waals surface area contributed by atoms with Crippen molar-refractivity contribution in [3.05, 3.63) is 29.8 Å². The summed E-state index contributed by atoms with van der Waals surface area (Å²) in [6, 6.07) is 7.31. The maximum absolute atomic E-state index is 12.2. The highest BCUT2D eigenvalue weighted by Gasteiger charge is 2.55. The summed E-state index contributed by atoms with van der Waals surface area (Å²) in [4.78, 5) is 2.87. The van der Waals surface area contributed by atoms with Crippen LogP contribution in [0.3, 0.4) is 0 Å². The van der Waals surface area contributed by atoms with E-state index in [0.29, 0.717) is 22.6 Å². The molecule has 1 aromatic rings. The maximum atomic E-state index is 12.2. The molecule has 2 atom stereocenters. The summed E-state index contributed by atoms with van der Waals surface area (Å²) in [5.41, 5.74) is 0.634. The van der Waals surface area contributed by atoms with E-state index in [2.05, 4.69) is 23.5 Å². The molecule has 1 saturated heterocycles. The van der Waals surface area contributed by atoms with Crippen molar-refractivity contribution in [3.63, 3.8) is 0 Å². The Kier molecular flexibility index (Phi) is 5.26. The van der Waals surface area contributed by atoms with Crippen LogP contribution in [0.1, 0.15) is 32.3 Å². The first-order valence-corrected chi connectivity index (χ1v) is 10.6. The molecule has 2 aliphatic rings. The van der Waals surface area contributed by atoms with Crippen molar-refractivity contribution >= 4 is 10.0 Å². The Morgan fingerprint density at radius 2 is 1.92 bits per heavy atom. The number of fused-ring (bicyclic) bond motifs is 2. The van der Waals surface area contributed by atoms with E-state index in [-0.39, 0.29) is 5.60 Å². The monoisotopic (exact) mass is 366 g/mol. The Hall–Kier alpha value is -0.950. The molecule has 1 aliphatic heterocycles. The Balaban J connectivity index is 1.97. The molecule has 1 heterocycles. The fraction of sp³-hybridized carbons (Fsp3) is 0.684. The smallest absolute Gasteiger partial charge is 0.240 e. The van der Waals surface area contributed by atoms with Gasteiger partial charge in [0.05, 0.1) is 4.90 Å². The molecule has 1 aromatic carbocycles. The highest BCUT2D eigenvalue weighted by atomic mass is 32.2. The first-order valence-electron chi connectivity index (χ1n) is 9.15. The van der Waals surface area contributed by atoms with Crippen LogP contribution in [-0.4, -0.2) is 47.1 Å². The molecule has 25 heavy (non-hydrogen) atoms. The zero-order valence-corrected chi connectivity index (χ0v) is 16.5. The van der Waals surface area contributed by atoms with Gasteiger partial charge in [0.1, 0.15) is 5.60 Å². The Morgan fingerprint density at radius 1 is 1.28 bits per heavy atom. The molecule has 0 aromatic heterocycles. The molecule has 1 saturated carbocycles. The van der Waals surface area contributed by atoms with E-state index >= 15 is 0 Å². The number of nitrogens with zero attached hydrogens (tertiary/aromatic N) is 1. The summed E-state index contributed by atoms with van der Waals surface area (Å²) in [6.45, 7) is 7.66. The minimum atomic E-state index is -3.45. The number of sulfonamides is 1. The van der Waals surface area contributed by atoms with Crippen molar-refractivity contribution in [2.45, 2.75) is 37.2 Å². The lowest BCUT2D eigenvalue weighted by Crippen LogP contribution is -2.53.